The monoisotopic (exact) mass is 567 g/mol. The van der Waals surface area contributed by atoms with Crippen LogP contribution in [0.15, 0.2) is 79.1 Å². The van der Waals surface area contributed by atoms with E-state index < -0.39 is 11.7 Å². The Kier molecular flexibility index (Phi) is 8.54. The lowest BCUT2D eigenvalue weighted by atomic mass is 9.95. The molecule has 0 spiro atoms. The van der Waals surface area contributed by atoms with Gasteiger partial charge in [-0.15, -0.1) is 0 Å². The van der Waals surface area contributed by atoms with Crippen molar-refractivity contribution >= 4 is 34.8 Å². The van der Waals surface area contributed by atoms with Gasteiger partial charge in [0.2, 0.25) is 0 Å². The molecule has 4 aromatic rings. The number of anilines is 3. The lowest BCUT2D eigenvalue weighted by molar-refractivity contribution is -0.138. The number of nitrogens with zero attached hydrogens (tertiary/aromatic N) is 1. The van der Waals surface area contributed by atoms with Crippen molar-refractivity contribution in [2.24, 2.45) is 0 Å². The van der Waals surface area contributed by atoms with Crippen LogP contribution in [0.4, 0.5) is 21.5 Å². The van der Waals surface area contributed by atoms with E-state index in [1.54, 1.807) is 36.4 Å². The van der Waals surface area contributed by atoms with Crippen LogP contribution in [0.1, 0.15) is 38.3 Å². The standard InChI is InChI=1S/C32H30FN5O4/c1-19-14-24(36-29-11-13-42-32(29)41)8-9-27(19)37-30(39)21-5-3-4-20(15-21)25-16-22(6-7-23(25)17-34-2)31(40)38-28-10-12-35-18-26(28)33/h3-10,12,14-16,18,29,34,36H,11,13,17H2,1-2H3,(H,37,39)(H,35,38,40). The van der Waals surface area contributed by atoms with E-state index in [1.807, 2.05) is 38.2 Å². The topological polar surface area (TPSA) is 121 Å². The normalized spacial score (nSPS) is 14.3. The second kappa shape index (κ2) is 12.6. The van der Waals surface area contributed by atoms with Crippen molar-refractivity contribution in [3.05, 3.63) is 107 Å². The Bertz CT molecular complexity index is 1660. The van der Waals surface area contributed by atoms with Crippen molar-refractivity contribution < 1.29 is 23.5 Å². The van der Waals surface area contributed by atoms with E-state index in [1.165, 1.54) is 12.3 Å². The molecule has 5 rings (SSSR count). The van der Waals surface area contributed by atoms with Crippen LogP contribution in [-0.2, 0) is 16.1 Å². The molecular formula is C32H30FN5O4. The molecule has 3 aromatic carbocycles. The lowest BCUT2D eigenvalue weighted by Gasteiger charge is -2.15. The minimum Gasteiger partial charge on any atom is -0.464 e. The molecule has 1 unspecified atom stereocenters. The molecule has 0 radical (unpaired) electrons. The fourth-order valence-electron chi connectivity index (χ4n) is 4.75. The number of aryl methyl sites for hydroxylation is 1. The Morgan fingerprint density at radius 3 is 2.48 bits per heavy atom. The Morgan fingerprint density at radius 2 is 1.76 bits per heavy atom. The summed E-state index contributed by atoms with van der Waals surface area (Å²) in [6, 6.07) is 18.9. The van der Waals surface area contributed by atoms with Gasteiger partial charge in [0, 0.05) is 41.7 Å². The van der Waals surface area contributed by atoms with Gasteiger partial charge in [-0.05, 0) is 84.8 Å². The maximum atomic E-state index is 14.0. The first kappa shape index (κ1) is 28.4. The Hall–Kier alpha value is -5.09. The largest absolute Gasteiger partial charge is 0.464 e. The van der Waals surface area contributed by atoms with Crippen molar-refractivity contribution in [1.29, 1.82) is 0 Å². The Balaban J connectivity index is 1.36. The van der Waals surface area contributed by atoms with E-state index in [4.69, 9.17) is 4.74 Å². The highest BCUT2D eigenvalue weighted by Gasteiger charge is 2.26. The minimum atomic E-state index is -0.628. The first-order chi connectivity index (χ1) is 20.3. The average Bonchev–Trinajstić information content (AvgIpc) is 3.39. The molecule has 10 heteroatoms. The van der Waals surface area contributed by atoms with Gasteiger partial charge in [0.25, 0.3) is 11.8 Å². The number of pyridine rings is 1. The number of rotatable bonds is 9. The number of benzene rings is 3. The van der Waals surface area contributed by atoms with Crippen molar-refractivity contribution in [2.75, 3.05) is 29.6 Å². The van der Waals surface area contributed by atoms with Gasteiger partial charge in [0.05, 0.1) is 18.5 Å². The van der Waals surface area contributed by atoms with E-state index in [-0.39, 0.29) is 23.6 Å². The van der Waals surface area contributed by atoms with Gasteiger partial charge in [0.1, 0.15) is 6.04 Å². The van der Waals surface area contributed by atoms with Gasteiger partial charge in [-0.2, -0.15) is 0 Å². The molecule has 1 aromatic heterocycles. The van der Waals surface area contributed by atoms with Crippen molar-refractivity contribution in [1.82, 2.24) is 10.3 Å². The molecule has 9 nitrogen and oxygen atoms in total. The van der Waals surface area contributed by atoms with Crippen LogP contribution in [0.3, 0.4) is 0 Å². The van der Waals surface area contributed by atoms with Crippen LogP contribution >= 0.6 is 0 Å². The van der Waals surface area contributed by atoms with E-state index in [0.29, 0.717) is 36.4 Å². The molecule has 1 saturated heterocycles. The van der Waals surface area contributed by atoms with Gasteiger partial charge in [-0.1, -0.05) is 18.2 Å². The second-order valence-corrected chi connectivity index (χ2v) is 9.93. The summed E-state index contributed by atoms with van der Waals surface area (Å²) in [4.78, 5) is 41.7. The Morgan fingerprint density at radius 1 is 0.976 bits per heavy atom. The predicted molar refractivity (Wildman–Crippen MR) is 159 cm³/mol. The summed E-state index contributed by atoms with van der Waals surface area (Å²) in [5.41, 5.74) is 5.49. The molecule has 4 N–H and O–H groups in total. The number of ether oxygens (including phenoxy) is 1. The number of halogens is 1. The summed E-state index contributed by atoms with van der Waals surface area (Å²) in [5.74, 6) is -1.66. The van der Waals surface area contributed by atoms with E-state index in [9.17, 15) is 18.8 Å². The van der Waals surface area contributed by atoms with Crippen LogP contribution in [-0.4, -0.2) is 42.5 Å². The summed E-state index contributed by atoms with van der Waals surface area (Å²) >= 11 is 0. The van der Waals surface area contributed by atoms with Crippen LogP contribution in [0.5, 0.6) is 0 Å². The third kappa shape index (κ3) is 6.45. The van der Waals surface area contributed by atoms with Gasteiger partial charge in [-0.25, -0.2) is 9.18 Å². The lowest BCUT2D eigenvalue weighted by Crippen LogP contribution is -2.24. The molecule has 0 saturated carbocycles. The quantitative estimate of drug-likeness (QED) is 0.207. The minimum absolute atomic E-state index is 0.0367. The van der Waals surface area contributed by atoms with Crippen molar-refractivity contribution in [2.45, 2.75) is 25.9 Å². The SMILES string of the molecule is CNCc1ccc(C(=O)Nc2ccncc2F)cc1-c1cccc(C(=O)Nc2ccc(NC3CCOC3=O)cc2C)c1. The molecule has 1 atom stereocenters. The molecule has 42 heavy (non-hydrogen) atoms. The smallest absolute Gasteiger partial charge is 0.328 e. The van der Waals surface area contributed by atoms with E-state index in [0.717, 1.165) is 34.1 Å². The zero-order valence-electron chi connectivity index (χ0n) is 23.2. The molecule has 1 fully saturated rings. The molecule has 2 heterocycles. The molecule has 2 amide bonds. The third-order valence-corrected chi connectivity index (χ3v) is 6.95. The number of nitrogens with one attached hydrogen (secondary N) is 4. The second-order valence-electron chi connectivity index (χ2n) is 9.93. The number of carbonyl (C=O) groups excluding carboxylic acids is 3. The fourth-order valence-corrected chi connectivity index (χ4v) is 4.75. The van der Waals surface area contributed by atoms with Crippen molar-refractivity contribution in [3.63, 3.8) is 0 Å². The highest BCUT2D eigenvalue weighted by Crippen LogP contribution is 2.28. The zero-order chi connectivity index (χ0) is 29.6. The van der Waals surface area contributed by atoms with Crippen molar-refractivity contribution in [3.8, 4) is 11.1 Å². The van der Waals surface area contributed by atoms with Crippen LogP contribution < -0.4 is 21.3 Å². The maximum absolute atomic E-state index is 14.0. The average molecular weight is 568 g/mol. The number of esters is 1. The maximum Gasteiger partial charge on any atom is 0.328 e. The predicted octanol–water partition coefficient (Wildman–Crippen LogP) is 5.15. The summed E-state index contributed by atoms with van der Waals surface area (Å²) in [7, 11) is 1.82. The molecule has 1 aliphatic heterocycles. The van der Waals surface area contributed by atoms with E-state index >= 15 is 0 Å². The summed E-state index contributed by atoms with van der Waals surface area (Å²) < 4.78 is 19.1. The summed E-state index contributed by atoms with van der Waals surface area (Å²) in [5, 5.41) is 11.8. The summed E-state index contributed by atoms with van der Waals surface area (Å²) in [6.07, 6.45) is 3.05. The van der Waals surface area contributed by atoms with Gasteiger partial charge >= 0.3 is 5.97 Å². The molecule has 1 aliphatic rings. The number of hydrogen-bond donors (Lipinski definition) is 4. The van der Waals surface area contributed by atoms with Crippen LogP contribution in [0.25, 0.3) is 11.1 Å². The molecule has 0 aliphatic carbocycles. The first-order valence-electron chi connectivity index (χ1n) is 13.5. The molecule has 0 bridgehead atoms. The van der Waals surface area contributed by atoms with Crippen LogP contribution in [0.2, 0.25) is 0 Å². The van der Waals surface area contributed by atoms with E-state index in [2.05, 4.69) is 26.3 Å². The van der Waals surface area contributed by atoms with Crippen LogP contribution in [0, 0.1) is 12.7 Å². The third-order valence-electron chi connectivity index (χ3n) is 6.95. The van der Waals surface area contributed by atoms with Gasteiger partial charge < -0.3 is 26.0 Å². The summed E-state index contributed by atoms with van der Waals surface area (Å²) in [6.45, 7) is 2.82. The van der Waals surface area contributed by atoms with Gasteiger partial charge in [-0.3, -0.25) is 14.6 Å². The number of amides is 2. The number of carbonyl (C=O) groups is 3. The fraction of sp³-hybridized carbons (Fsp3) is 0.188. The Labute approximate surface area is 242 Å². The highest BCUT2D eigenvalue weighted by atomic mass is 19.1. The highest BCUT2D eigenvalue weighted by molar-refractivity contribution is 6.06. The number of aromatic nitrogens is 1. The number of hydrogen-bond acceptors (Lipinski definition) is 7. The number of cyclic esters (lactones) is 1. The van der Waals surface area contributed by atoms with Gasteiger partial charge in [0.15, 0.2) is 5.82 Å². The molecule has 214 valence electrons. The zero-order valence-corrected chi connectivity index (χ0v) is 23.2. The molecular weight excluding hydrogens is 537 g/mol. The first-order valence-corrected chi connectivity index (χ1v) is 13.5.